The summed E-state index contributed by atoms with van der Waals surface area (Å²) in [7, 11) is 1.48. The number of amides is 1. The molecule has 1 amide bonds. The van der Waals surface area contributed by atoms with E-state index >= 15 is 0 Å². The Morgan fingerprint density at radius 2 is 1.97 bits per heavy atom. The van der Waals surface area contributed by atoms with Crippen molar-refractivity contribution in [3.05, 3.63) is 58.1 Å². The summed E-state index contributed by atoms with van der Waals surface area (Å²) in [6, 6.07) is 12.8. The molecule has 36 heavy (non-hydrogen) atoms. The number of hydrogen-bond donors (Lipinski definition) is 4. The zero-order chi connectivity index (χ0) is 26.0. The fraction of sp³-hybridized carbons (Fsp3) is 0.304. The lowest BCUT2D eigenvalue weighted by molar-refractivity contribution is -0.159. The average molecular weight is 523 g/mol. The molecule has 1 unspecified atom stereocenters. The number of nitrogen functional groups attached to an aromatic ring is 1. The monoisotopic (exact) mass is 522 g/mol. The van der Waals surface area contributed by atoms with Crippen LogP contribution >= 0.6 is 11.6 Å². The van der Waals surface area contributed by atoms with E-state index in [4.69, 9.17) is 51.9 Å². The third-order valence-electron chi connectivity index (χ3n) is 4.92. The van der Waals surface area contributed by atoms with Crippen molar-refractivity contribution in [3.8, 4) is 11.8 Å². The molecule has 1 atom stereocenters. The lowest BCUT2D eigenvalue weighted by Crippen LogP contribution is -2.47. The van der Waals surface area contributed by atoms with Gasteiger partial charge in [-0.05, 0) is 23.8 Å². The summed E-state index contributed by atoms with van der Waals surface area (Å²) in [6.07, 6.45) is -0.137. The highest BCUT2D eigenvalue weighted by Crippen LogP contribution is 2.28. The van der Waals surface area contributed by atoms with Gasteiger partial charge in [-0.1, -0.05) is 23.7 Å². The Balaban J connectivity index is 0.000000827. The van der Waals surface area contributed by atoms with Gasteiger partial charge >= 0.3 is 11.9 Å². The van der Waals surface area contributed by atoms with Gasteiger partial charge in [0.1, 0.15) is 5.75 Å². The second kappa shape index (κ2) is 14.5. The number of benzene rings is 2. The van der Waals surface area contributed by atoms with Gasteiger partial charge < -0.3 is 36.2 Å². The quantitative estimate of drug-likeness (QED) is 0.309. The van der Waals surface area contributed by atoms with E-state index in [-0.39, 0.29) is 17.5 Å². The zero-order valence-electron chi connectivity index (χ0n) is 19.4. The third kappa shape index (κ3) is 9.05. The number of morpholine rings is 1. The van der Waals surface area contributed by atoms with Crippen molar-refractivity contribution in [2.45, 2.75) is 12.6 Å². The largest absolute Gasteiger partial charge is 0.496 e. The molecule has 0 aliphatic carbocycles. The molecule has 194 valence electrons. The number of halogens is 1. The van der Waals surface area contributed by atoms with Gasteiger partial charge in [0.15, 0.2) is 0 Å². The van der Waals surface area contributed by atoms with Gasteiger partial charge in [0.25, 0.3) is 5.91 Å². The van der Waals surface area contributed by atoms with E-state index in [1.807, 2.05) is 18.2 Å². The molecule has 1 saturated heterocycles. The van der Waals surface area contributed by atoms with E-state index < -0.39 is 11.9 Å². The first kappa shape index (κ1) is 30.1. The molecule has 1 aliphatic heterocycles. The Bertz CT molecular complexity index is 1110. The number of nitriles is 1. The molecule has 0 aromatic heterocycles. The number of carboxylic acid groups (broad SMARTS) is 2. The zero-order valence-corrected chi connectivity index (χ0v) is 20.1. The minimum absolute atomic E-state index is 0. The number of nitrogens with one attached hydrogen (secondary N) is 1. The molecule has 2 aromatic rings. The minimum atomic E-state index is -1.82. The number of carbonyl (C=O) groups excluding carboxylic acids is 1. The number of ether oxygens (including phenoxy) is 2. The maximum atomic E-state index is 12.6. The number of methoxy groups -OCH3 is 1. The first-order valence-electron chi connectivity index (χ1n) is 10.3. The number of nitrogens with two attached hydrogens (primary N) is 1. The van der Waals surface area contributed by atoms with E-state index in [9.17, 15) is 4.79 Å². The van der Waals surface area contributed by atoms with Crippen LogP contribution in [-0.4, -0.2) is 77.9 Å². The molecule has 0 saturated carbocycles. The minimum Gasteiger partial charge on any atom is -0.496 e. The number of hydrogen-bond acceptors (Lipinski definition) is 8. The first-order valence-corrected chi connectivity index (χ1v) is 10.7. The van der Waals surface area contributed by atoms with Gasteiger partial charge in [-0.25, -0.2) is 9.59 Å². The normalized spacial score (nSPS) is 14.8. The summed E-state index contributed by atoms with van der Waals surface area (Å²) in [6.45, 7) is 3.14. The molecule has 0 radical (unpaired) electrons. The van der Waals surface area contributed by atoms with Crippen molar-refractivity contribution < 1.29 is 39.5 Å². The van der Waals surface area contributed by atoms with Crippen LogP contribution in [0.2, 0.25) is 5.02 Å². The van der Waals surface area contributed by atoms with Crippen molar-refractivity contribution in [1.29, 1.82) is 5.26 Å². The number of rotatable bonds is 6. The highest BCUT2D eigenvalue weighted by Gasteiger charge is 2.22. The molecule has 13 heteroatoms. The van der Waals surface area contributed by atoms with Crippen LogP contribution in [0.5, 0.6) is 5.75 Å². The van der Waals surface area contributed by atoms with Crippen molar-refractivity contribution >= 4 is 35.1 Å². The predicted octanol–water partition coefficient (Wildman–Crippen LogP) is 0.764. The van der Waals surface area contributed by atoms with Gasteiger partial charge in [0.2, 0.25) is 0 Å². The second-order valence-corrected chi connectivity index (χ2v) is 7.84. The molecule has 12 nitrogen and oxygen atoms in total. The van der Waals surface area contributed by atoms with Crippen LogP contribution in [0.3, 0.4) is 0 Å². The number of carbonyl (C=O) groups is 3. The SMILES string of the molecule is COc1cc(N)c(Cl)cc1C(=O)NCC1CN(Cc2cccc(C#N)c2)CCO1.O.O=C(O)C(=O)O. The highest BCUT2D eigenvalue weighted by atomic mass is 35.5. The van der Waals surface area contributed by atoms with Gasteiger partial charge in [-0.15, -0.1) is 0 Å². The maximum Gasteiger partial charge on any atom is 0.414 e. The van der Waals surface area contributed by atoms with Crippen molar-refractivity contribution in [2.75, 3.05) is 39.1 Å². The Hall–Kier alpha value is -3.89. The molecular formula is C23H27ClN4O8. The number of nitrogens with zero attached hydrogens (tertiary/aromatic N) is 2. The van der Waals surface area contributed by atoms with Crippen LogP contribution in [0, 0.1) is 11.3 Å². The van der Waals surface area contributed by atoms with Gasteiger partial charge in [0, 0.05) is 32.2 Å². The summed E-state index contributed by atoms with van der Waals surface area (Å²) in [5.74, 6) is -3.58. The molecule has 7 N–H and O–H groups in total. The summed E-state index contributed by atoms with van der Waals surface area (Å²) in [5.41, 5.74) is 8.17. The van der Waals surface area contributed by atoms with Crippen LogP contribution < -0.4 is 15.8 Å². The van der Waals surface area contributed by atoms with E-state index in [0.717, 1.165) is 18.7 Å². The smallest absolute Gasteiger partial charge is 0.414 e. The molecule has 0 bridgehead atoms. The second-order valence-electron chi connectivity index (χ2n) is 7.43. The van der Waals surface area contributed by atoms with Crippen LogP contribution in [0.4, 0.5) is 5.69 Å². The molecule has 3 rings (SSSR count). The lowest BCUT2D eigenvalue weighted by atomic mass is 10.1. The highest BCUT2D eigenvalue weighted by molar-refractivity contribution is 6.33. The average Bonchev–Trinajstić information content (AvgIpc) is 2.84. The Labute approximate surface area is 212 Å². The standard InChI is InChI=1S/C21H23ClN4O3.C2H2O4.H2O/c1-28-20-9-19(24)18(22)8-17(20)21(27)25-11-16-13-26(5-6-29-16)12-15-4-2-3-14(7-15)10-23;3-1(4)2(5)6;/h2-4,7-9,16H,5-6,11-13,24H2,1H3,(H,25,27);(H,3,4)(H,5,6);1H2. The van der Waals surface area contributed by atoms with Crippen LogP contribution in [0.1, 0.15) is 21.5 Å². The van der Waals surface area contributed by atoms with E-state index in [1.54, 1.807) is 6.07 Å². The Morgan fingerprint density at radius 1 is 1.28 bits per heavy atom. The summed E-state index contributed by atoms with van der Waals surface area (Å²) in [4.78, 5) is 33.0. The maximum absolute atomic E-state index is 12.6. The van der Waals surface area contributed by atoms with Crippen molar-refractivity contribution in [2.24, 2.45) is 0 Å². The molecule has 1 fully saturated rings. The van der Waals surface area contributed by atoms with Crippen molar-refractivity contribution in [1.82, 2.24) is 10.2 Å². The number of carboxylic acids is 2. The fourth-order valence-corrected chi connectivity index (χ4v) is 3.43. The summed E-state index contributed by atoms with van der Waals surface area (Å²) < 4.78 is 11.0. The van der Waals surface area contributed by atoms with Crippen LogP contribution in [-0.2, 0) is 20.9 Å². The van der Waals surface area contributed by atoms with Crippen LogP contribution in [0.25, 0.3) is 0 Å². The lowest BCUT2D eigenvalue weighted by Gasteiger charge is -2.33. The molecule has 1 heterocycles. The molecular weight excluding hydrogens is 496 g/mol. The van der Waals surface area contributed by atoms with E-state index in [2.05, 4.69) is 16.3 Å². The Morgan fingerprint density at radius 3 is 2.58 bits per heavy atom. The molecule has 1 aliphatic rings. The van der Waals surface area contributed by atoms with Gasteiger partial charge in [-0.3, -0.25) is 9.69 Å². The summed E-state index contributed by atoms with van der Waals surface area (Å²) in [5, 5.41) is 27.0. The molecule has 0 spiro atoms. The van der Waals surface area contributed by atoms with Gasteiger partial charge in [0.05, 0.1) is 47.7 Å². The number of anilines is 1. The van der Waals surface area contributed by atoms with Crippen molar-refractivity contribution in [3.63, 3.8) is 0 Å². The predicted molar refractivity (Wildman–Crippen MR) is 130 cm³/mol. The van der Waals surface area contributed by atoms with Crippen LogP contribution in [0.15, 0.2) is 36.4 Å². The van der Waals surface area contributed by atoms with Gasteiger partial charge in [-0.2, -0.15) is 5.26 Å². The Kier molecular flexibility index (Phi) is 12.1. The van der Waals surface area contributed by atoms with E-state index in [0.29, 0.717) is 47.3 Å². The van der Waals surface area contributed by atoms with E-state index in [1.165, 1.54) is 19.2 Å². The topological polar surface area (TPSA) is 207 Å². The third-order valence-corrected chi connectivity index (χ3v) is 5.25. The number of aliphatic carboxylic acids is 2. The first-order chi connectivity index (χ1) is 16.6. The molecule has 2 aromatic carbocycles. The summed E-state index contributed by atoms with van der Waals surface area (Å²) >= 11 is 6.04. The fourth-order valence-electron chi connectivity index (χ4n) is 3.26.